The van der Waals surface area contributed by atoms with Crippen LogP contribution in [0.15, 0.2) is 12.1 Å². The number of anilines is 1. The van der Waals surface area contributed by atoms with Gasteiger partial charge in [0.15, 0.2) is 0 Å². The summed E-state index contributed by atoms with van der Waals surface area (Å²) in [5.41, 5.74) is 2.53. The molecule has 0 aromatic carbocycles. The fourth-order valence-corrected chi connectivity index (χ4v) is 3.70. The Bertz CT molecular complexity index is 447. The molecule has 0 bridgehead atoms. The summed E-state index contributed by atoms with van der Waals surface area (Å²) in [6.45, 7) is 11.1. The minimum atomic E-state index is 0.470. The van der Waals surface area contributed by atoms with Gasteiger partial charge in [0.2, 0.25) is 0 Å². The summed E-state index contributed by atoms with van der Waals surface area (Å²) in [5, 5.41) is 3.92. The van der Waals surface area contributed by atoms with Gasteiger partial charge in [-0.3, -0.25) is 0 Å². The molecule has 1 aliphatic rings. The Labute approximate surface area is 127 Å². The van der Waals surface area contributed by atoms with Crippen molar-refractivity contribution < 1.29 is 0 Å². The van der Waals surface area contributed by atoms with Crippen molar-refractivity contribution in [3.8, 4) is 0 Å². The Morgan fingerprint density at radius 1 is 1.40 bits per heavy atom. The van der Waals surface area contributed by atoms with Crippen LogP contribution in [0.3, 0.4) is 0 Å². The second kappa shape index (κ2) is 6.81. The first-order valence-corrected chi connectivity index (χ1v) is 8.61. The van der Waals surface area contributed by atoms with E-state index >= 15 is 0 Å². The van der Waals surface area contributed by atoms with E-state index in [1.54, 1.807) is 0 Å². The maximum absolute atomic E-state index is 4.91. The highest BCUT2D eigenvalue weighted by atomic mass is 32.2. The highest BCUT2D eigenvalue weighted by Crippen LogP contribution is 2.29. The fourth-order valence-electron chi connectivity index (χ4n) is 2.60. The maximum atomic E-state index is 4.91. The lowest BCUT2D eigenvalue weighted by molar-refractivity contribution is 0.616. The molecule has 2 rings (SSSR count). The lowest BCUT2D eigenvalue weighted by Gasteiger charge is -2.38. The van der Waals surface area contributed by atoms with Crippen LogP contribution in [0.5, 0.6) is 0 Å². The zero-order valence-corrected chi connectivity index (χ0v) is 14.1. The van der Waals surface area contributed by atoms with Gasteiger partial charge in [0.05, 0.1) is 0 Å². The molecule has 0 saturated carbocycles. The summed E-state index contributed by atoms with van der Waals surface area (Å²) < 4.78 is 0. The van der Waals surface area contributed by atoms with Gasteiger partial charge in [-0.1, -0.05) is 20.8 Å². The van der Waals surface area contributed by atoms with Crippen LogP contribution in [-0.2, 0) is 6.54 Å². The molecule has 1 fully saturated rings. The van der Waals surface area contributed by atoms with Crippen LogP contribution < -0.4 is 10.2 Å². The lowest BCUT2D eigenvalue weighted by atomic mass is 10.1. The molecule has 4 heteroatoms. The van der Waals surface area contributed by atoms with E-state index in [0.29, 0.717) is 17.2 Å². The highest BCUT2D eigenvalue weighted by Gasteiger charge is 2.26. The Hall–Kier alpha value is -0.740. The van der Waals surface area contributed by atoms with Gasteiger partial charge >= 0.3 is 0 Å². The zero-order valence-electron chi connectivity index (χ0n) is 13.3. The third kappa shape index (κ3) is 3.47. The molecule has 3 nitrogen and oxygen atoms in total. The van der Waals surface area contributed by atoms with E-state index in [1.165, 1.54) is 17.0 Å². The quantitative estimate of drug-likeness (QED) is 0.922. The molecular formula is C16H27N3S. The fraction of sp³-hybridized carbons (Fsp3) is 0.688. The van der Waals surface area contributed by atoms with E-state index in [4.69, 9.17) is 4.98 Å². The number of pyridine rings is 1. The number of thioether (sulfide) groups is 1. The third-order valence-electron chi connectivity index (χ3n) is 4.04. The summed E-state index contributed by atoms with van der Waals surface area (Å²) in [4.78, 5) is 7.39. The number of hydrogen-bond acceptors (Lipinski definition) is 4. The number of rotatable bonds is 4. The van der Waals surface area contributed by atoms with Crippen LogP contribution in [-0.4, -0.2) is 35.6 Å². The van der Waals surface area contributed by atoms with Crippen molar-refractivity contribution in [3.63, 3.8) is 0 Å². The molecule has 1 saturated heterocycles. The molecule has 1 aliphatic heterocycles. The minimum Gasteiger partial charge on any atom is -0.352 e. The first kappa shape index (κ1) is 15.6. The SMILES string of the molecule is CNCc1cc(C(C)C)nc(N2CCSC(C)C2C)c1. The molecule has 2 atom stereocenters. The second-order valence-electron chi connectivity index (χ2n) is 5.95. The van der Waals surface area contributed by atoms with Crippen molar-refractivity contribution in [2.75, 3.05) is 24.2 Å². The van der Waals surface area contributed by atoms with Crippen LogP contribution in [0, 0.1) is 0 Å². The van der Waals surface area contributed by atoms with Crippen molar-refractivity contribution in [3.05, 3.63) is 23.4 Å². The van der Waals surface area contributed by atoms with Gasteiger partial charge in [-0.05, 0) is 37.6 Å². The number of nitrogens with one attached hydrogen (secondary N) is 1. The van der Waals surface area contributed by atoms with Gasteiger partial charge < -0.3 is 10.2 Å². The average molecular weight is 293 g/mol. The van der Waals surface area contributed by atoms with Crippen molar-refractivity contribution >= 4 is 17.6 Å². The Kier molecular flexibility index (Phi) is 5.33. The zero-order chi connectivity index (χ0) is 14.7. The largest absolute Gasteiger partial charge is 0.352 e. The Morgan fingerprint density at radius 2 is 2.15 bits per heavy atom. The van der Waals surface area contributed by atoms with E-state index in [-0.39, 0.29) is 0 Å². The molecule has 0 amide bonds. The van der Waals surface area contributed by atoms with Gasteiger partial charge in [0.25, 0.3) is 0 Å². The predicted octanol–water partition coefficient (Wildman–Crippen LogP) is 3.25. The summed E-state index contributed by atoms with van der Waals surface area (Å²) in [5.74, 6) is 2.82. The molecule has 112 valence electrons. The van der Waals surface area contributed by atoms with Crippen LogP contribution >= 0.6 is 11.8 Å². The number of aromatic nitrogens is 1. The molecular weight excluding hydrogens is 266 g/mol. The third-order valence-corrected chi connectivity index (χ3v) is 5.38. The standard InChI is InChI=1S/C16H27N3S/c1-11(2)15-8-14(10-17-5)9-16(18-15)19-6-7-20-13(4)12(19)3/h8-9,11-13,17H,6-7,10H2,1-5H3. The molecule has 0 radical (unpaired) electrons. The van der Waals surface area contributed by atoms with Crippen molar-refractivity contribution in [2.45, 2.75) is 51.4 Å². The first-order valence-electron chi connectivity index (χ1n) is 7.56. The molecule has 0 aliphatic carbocycles. The van der Waals surface area contributed by atoms with E-state index in [9.17, 15) is 0 Å². The van der Waals surface area contributed by atoms with E-state index in [2.05, 4.69) is 61.8 Å². The van der Waals surface area contributed by atoms with Crippen molar-refractivity contribution in [1.29, 1.82) is 0 Å². The van der Waals surface area contributed by atoms with Crippen LogP contribution in [0.1, 0.15) is 44.9 Å². The monoisotopic (exact) mass is 293 g/mol. The molecule has 1 aromatic heterocycles. The first-order chi connectivity index (χ1) is 9.52. The average Bonchev–Trinajstić information content (AvgIpc) is 2.42. The Morgan fingerprint density at radius 3 is 2.80 bits per heavy atom. The number of nitrogens with zero attached hydrogens (tertiary/aromatic N) is 2. The van der Waals surface area contributed by atoms with Gasteiger partial charge in [-0.25, -0.2) is 4.98 Å². The normalized spacial score (nSPS) is 23.4. The molecule has 0 spiro atoms. The maximum Gasteiger partial charge on any atom is 0.129 e. The molecule has 2 heterocycles. The lowest BCUT2D eigenvalue weighted by Crippen LogP contribution is -2.45. The molecule has 20 heavy (non-hydrogen) atoms. The van der Waals surface area contributed by atoms with Crippen LogP contribution in [0.4, 0.5) is 5.82 Å². The topological polar surface area (TPSA) is 28.2 Å². The van der Waals surface area contributed by atoms with Gasteiger partial charge in [0, 0.05) is 35.8 Å². The van der Waals surface area contributed by atoms with E-state index in [0.717, 1.165) is 18.9 Å². The smallest absolute Gasteiger partial charge is 0.129 e. The van der Waals surface area contributed by atoms with Crippen molar-refractivity contribution in [1.82, 2.24) is 10.3 Å². The van der Waals surface area contributed by atoms with Crippen molar-refractivity contribution in [2.24, 2.45) is 0 Å². The summed E-state index contributed by atoms with van der Waals surface area (Å²) in [6.07, 6.45) is 0. The highest BCUT2D eigenvalue weighted by molar-refractivity contribution is 8.00. The van der Waals surface area contributed by atoms with E-state index in [1.807, 2.05) is 7.05 Å². The molecule has 2 unspecified atom stereocenters. The summed E-state index contributed by atoms with van der Waals surface area (Å²) in [7, 11) is 2.00. The van der Waals surface area contributed by atoms with Gasteiger partial charge in [0.1, 0.15) is 5.82 Å². The van der Waals surface area contributed by atoms with Gasteiger partial charge in [-0.2, -0.15) is 11.8 Å². The Balaban J connectivity index is 2.33. The second-order valence-corrected chi connectivity index (χ2v) is 7.44. The minimum absolute atomic E-state index is 0.470. The summed E-state index contributed by atoms with van der Waals surface area (Å²) in [6, 6.07) is 5.03. The van der Waals surface area contributed by atoms with Gasteiger partial charge in [-0.15, -0.1) is 0 Å². The molecule has 1 N–H and O–H groups in total. The predicted molar refractivity (Wildman–Crippen MR) is 89.8 cm³/mol. The van der Waals surface area contributed by atoms with Crippen LogP contribution in [0.2, 0.25) is 0 Å². The van der Waals surface area contributed by atoms with Crippen LogP contribution in [0.25, 0.3) is 0 Å². The van der Waals surface area contributed by atoms with E-state index < -0.39 is 0 Å². The summed E-state index contributed by atoms with van der Waals surface area (Å²) >= 11 is 2.07. The molecule has 1 aromatic rings. The number of hydrogen-bond donors (Lipinski definition) is 1.